The Morgan fingerprint density at radius 3 is 2.56 bits per heavy atom. The fraction of sp³-hybridized carbons (Fsp3) is 1.00. The van der Waals surface area contributed by atoms with Gasteiger partial charge in [-0.05, 0) is 51.0 Å². The van der Waals surface area contributed by atoms with E-state index >= 15 is 0 Å². The topological polar surface area (TPSA) is 21.3 Å². The van der Waals surface area contributed by atoms with Crippen molar-refractivity contribution in [2.75, 3.05) is 13.2 Å². The molecule has 0 aliphatic carbocycles. The third-order valence-electron chi connectivity index (χ3n) is 4.32. The third-order valence-corrected chi connectivity index (χ3v) is 4.32. The van der Waals surface area contributed by atoms with Crippen molar-refractivity contribution in [3.63, 3.8) is 0 Å². The second kappa shape index (κ2) is 9.80. The fourth-order valence-corrected chi connectivity index (χ4v) is 2.94. The molecule has 0 bridgehead atoms. The van der Waals surface area contributed by atoms with E-state index in [9.17, 15) is 0 Å². The Kier molecular flexibility index (Phi) is 8.70. The average Bonchev–Trinajstić information content (AvgIpc) is 2.91. The molecule has 1 aliphatic heterocycles. The number of ether oxygens (including phenoxy) is 1. The lowest BCUT2D eigenvalue weighted by Gasteiger charge is -2.24. The average molecular weight is 255 g/mol. The van der Waals surface area contributed by atoms with E-state index in [2.05, 4.69) is 26.1 Å². The van der Waals surface area contributed by atoms with Crippen molar-refractivity contribution in [2.45, 2.75) is 84.3 Å². The SMILES string of the molecule is CCCNC(CCC1CCCO1)CC(CC)CC. The highest BCUT2D eigenvalue weighted by atomic mass is 16.5. The maximum Gasteiger partial charge on any atom is 0.0576 e. The molecule has 1 heterocycles. The molecule has 0 saturated carbocycles. The molecule has 0 radical (unpaired) electrons. The zero-order chi connectivity index (χ0) is 13.2. The largest absolute Gasteiger partial charge is 0.378 e. The molecule has 0 aromatic carbocycles. The molecule has 1 aliphatic rings. The van der Waals surface area contributed by atoms with Crippen LogP contribution in [0.4, 0.5) is 0 Å². The van der Waals surface area contributed by atoms with Crippen LogP contribution in [-0.4, -0.2) is 25.3 Å². The highest BCUT2D eigenvalue weighted by Crippen LogP contribution is 2.22. The van der Waals surface area contributed by atoms with Gasteiger partial charge in [-0.3, -0.25) is 0 Å². The van der Waals surface area contributed by atoms with Crippen LogP contribution in [0.3, 0.4) is 0 Å². The number of rotatable bonds is 10. The Labute approximate surface area is 114 Å². The minimum atomic E-state index is 0.553. The molecule has 0 aromatic heterocycles. The van der Waals surface area contributed by atoms with Crippen LogP contribution in [-0.2, 0) is 4.74 Å². The zero-order valence-electron chi connectivity index (χ0n) is 12.7. The first-order valence-electron chi connectivity index (χ1n) is 8.15. The van der Waals surface area contributed by atoms with Crippen molar-refractivity contribution in [1.29, 1.82) is 0 Å². The van der Waals surface area contributed by atoms with Crippen LogP contribution in [0.15, 0.2) is 0 Å². The van der Waals surface area contributed by atoms with E-state index in [0.717, 1.165) is 19.1 Å². The molecule has 18 heavy (non-hydrogen) atoms. The van der Waals surface area contributed by atoms with Crippen LogP contribution >= 0.6 is 0 Å². The molecular formula is C16H33NO. The molecular weight excluding hydrogens is 222 g/mol. The van der Waals surface area contributed by atoms with Gasteiger partial charge in [0.2, 0.25) is 0 Å². The lowest BCUT2D eigenvalue weighted by molar-refractivity contribution is 0.0985. The molecule has 2 unspecified atom stereocenters. The molecule has 1 fully saturated rings. The summed E-state index contributed by atoms with van der Waals surface area (Å²) in [6, 6.07) is 0.707. The summed E-state index contributed by atoms with van der Waals surface area (Å²) in [6.07, 6.45) is 10.9. The summed E-state index contributed by atoms with van der Waals surface area (Å²) in [6.45, 7) is 9.05. The van der Waals surface area contributed by atoms with E-state index in [4.69, 9.17) is 4.74 Å². The van der Waals surface area contributed by atoms with E-state index in [0.29, 0.717) is 12.1 Å². The molecule has 2 nitrogen and oxygen atoms in total. The molecule has 0 amide bonds. The van der Waals surface area contributed by atoms with Crippen LogP contribution in [0.1, 0.15) is 72.1 Å². The molecule has 1 rings (SSSR count). The van der Waals surface area contributed by atoms with Crippen molar-refractivity contribution >= 4 is 0 Å². The number of hydrogen-bond donors (Lipinski definition) is 1. The summed E-state index contributed by atoms with van der Waals surface area (Å²) < 4.78 is 5.74. The monoisotopic (exact) mass is 255 g/mol. The molecule has 108 valence electrons. The van der Waals surface area contributed by atoms with Crippen molar-refractivity contribution in [3.05, 3.63) is 0 Å². The van der Waals surface area contributed by atoms with Gasteiger partial charge in [-0.25, -0.2) is 0 Å². The molecule has 0 spiro atoms. The standard InChI is InChI=1S/C16H33NO/c1-4-11-17-15(13-14(5-2)6-3)9-10-16-8-7-12-18-16/h14-17H,4-13H2,1-3H3. The van der Waals surface area contributed by atoms with E-state index in [-0.39, 0.29) is 0 Å². The van der Waals surface area contributed by atoms with E-state index in [1.54, 1.807) is 0 Å². The summed E-state index contributed by atoms with van der Waals surface area (Å²) >= 11 is 0. The van der Waals surface area contributed by atoms with E-state index < -0.39 is 0 Å². The smallest absolute Gasteiger partial charge is 0.0576 e. The first kappa shape index (κ1) is 16.0. The van der Waals surface area contributed by atoms with Crippen LogP contribution in [0.2, 0.25) is 0 Å². The summed E-state index contributed by atoms with van der Waals surface area (Å²) in [7, 11) is 0. The van der Waals surface area contributed by atoms with Crippen LogP contribution in [0.5, 0.6) is 0 Å². The van der Waals surface area contributed by atoms with Gasteiger partial charge in [0.1, 0.15) is 0 Å². The molecule has 2 atom stereocenters. The highest BCUT2D eigenvalue weighted by Gasteiger charge is 2.19. The van der Waals surface area contributed by atoms with Crippen molar-refractivity contribution < 1.29 is 4.74 Å². The molecule has 2 heteroatoms. The van der Waals surface area contributed by atoms with Gasteiger partial charge in [0.25, 0.3) is 0 Å². The van der Waals surface area contributed by atoms with Gasteiger partial charge in [0.05, 0.1) is 6.10 Å². The predicted molar refractivity (Wildman–Crippen MR) is 79.0 cm³/mol. The second-order valence-corrected chi connectivity index (χ2v) is 5.78. The maximum absolute atomic E-state index is 5.74. The first-order chi connectivity index (χ1) is 8.80. The van der Waals surface area contributed by atoms with Crippen LogP contribution in [0, 0.1) is 5.92 Å². The minimum absolute atomic E-state index is 0.553. The van der Waals surface area contributed by atoms with Gasteiger partial charge in [0, 0.05) is 12.6 Å². The summed E-state index contributed by atoms with van der Waals surface area (Å²) in [5, 5.41) is 3.74. The van der Waals surface area contributed by atoms with Gasteiger partial charge in [-0.15, -0.1) is 0 Å². The van der Waals surface area contributed by atoms with Gasteiger partial charge in [-0.1, -0.05) is 33.6 Å². The van der Waals surface area contributed by atoms with Crippen molar-refractivity contribution in [3.8, 4) is 0 Å². The summed E-state index contributed by atoms with van der Waals surface area (Å²) in [4.78, 5) is 0. The summed E-state index contributed by atoms with van der Waals surface area (Å²) in [5.41, 5.74) is 0. The Hall–Kier alpha value is -0.0800. The van der Waals surface area contributed by atoms with Gasteiger partial charge >= 0.3 is 0 Å². The van der Waals surface area contributed by atoms with Gasteiger partial charge in [-0.2, -0.15) is 0 Å². The van der Waals surface area contributed by atoms with Gasteiger partial charge < -0.3 is 10.1 Å². The van der Waals surface area contributed by atoms with Crippen LogP contribution in [0.25, 0.3) is 0 Å². The molecule has 0 aromatic rings. The molecule has 1 N–H and O–H groups in total. The fourth-order valence-electron chi connectivity index (χ4n) is 2.94. The van der Waals surface area contributed by atoms with E-state index in [1.165, 1.54) is 51.4 Å². The first-order valence-corrected chi connectivity index (χ1v) is 8.15. The van der Waals surface area contributed by atoms with Crippen molar-refractivity contribution in [2.24, 2.45) is 5.92 Å². The zero-order valence-corrected chi connectivity index (χ0v) is 12.7. The van der Waals surface area contributed by atoms with Crippen LogP contribution < -0.4 is 5.32 Å². The second-order valence-electron chi connectivity index (χ2n) is 5.78. The predicted octanol–water partition coefficient (Wildman–Crippen LogP) is 4.14. The minimum Gasteiger partial charge on any atom is -0.378 e. The normalized spacial score (nSPS) is 21.7. The third kappa shape index (κ3) is 6.19. The van der Waals surface area contributed by atoms with Crippen molar-refractivity contribution in [1.82, 2.24) is 5.32 Å². The highest BCUT2D eigenvalue weighted by molar-refractivity contribution is 4.74. The maximum atomic E-state index is 5.74. The lowest BCUT2D eigenvalue weighted by atomic mass is 9.91. The Balaban J connectivity index is 2.28. The Morgan fingerprint density at radius 2 is 2.00 bits per heavy atom. The number of nitrogens with one attached hydrogen (secondary N) is 1. The van der Waals surface area contributed by atoms with Gasteiger partial charge in [0.15, 0.2) is 0 Å². The Morgan fingerprint density at radius 1 is 1.22 bits per heavy atom. The van der Waals surface area contributed by atoms with E-state index in [1.807, 2.05) is 0 Å². The molecule has 1 saturated heterocycles. The summed E-state index contributed by atoms with van der Waals surface area (Å²) in [5.74, 6) is 0.892. The quantitative estimate of drug-likeness (QED) is 0.633. The number of hydrogen-bond acceptors (Lipinski definition) is 2. The Bertz CT molecular complexity index is 186. The lowest BCUT2D eigenvalue weighted by Crippen LogP contribution is -2.32.